The first-order valence-electron chi connectivity index (χ1n) is 8.79. The normalized spacial score (nSPS) is 11.1. The van der Waals surface area contributed by atoms with Crippen LogP contribution >= 0.6 is 11.8 Å². The average molecular weight is 385 g/mol. The molecule has 6 nitrogen and oxygen atoms in total. The van der Waals surface area contributed by atoms with E-state index in [1.807, 2.05) is 13.2 Å². The van der Waals surface area contributed by atoms with Crippen LogP contribution in [0.2, 0.25) is 0 Å². The van der Waals surface area contributed by atoms with Gasteiger partial charge in [0.05, 0.1) is 11.9 Å². The summed E-state index contributed by atoms with van der Waals surface area (Å²) in [6.45, 7) is 8.35. The van der Waals surface area contributed by atoms with E-state index in [0.717, 1.165) is 22.3 Å². The van der Waals surface area contributed by atoms with Gasteiger partial charge in [-0.05, 0) is 51.1 Å². The van der Waals surface area contributed by atoms with Crippen LogP contribution in [0.4, 0.5) is 0 Å². The highest BCUT2D eigenvalue weighted by molar-refractivity contribution is 7.98. The molecule has 0 saturated carbocycles. The monoisotopic (exact) mass is 384 g/mol. The van der Waals surface area contributed by atoms with Crippen molar-refractivity contribution in [3.63, 3.8) is 0 Å². The Hall–Kier alpha value is -2.54. The Morgan fingerprint density at radius 1 is 1.19 bits per heavy atom. The molecule has 0 saturated heterocycles. The SMILES string of the molecule is CSc1nc(C)c(CC(=O)NCc2cc(C)cc3c(C)c(C)[nH]c23)c(=O)[nH]1. The summed E-state index contributed by atoms with van der Waals surface area (Å²) in [6.07, 6.45) is 1.86. The molecule has 7 heteroatoms. The van der Waals surface area contributed by atoms with Crippen LogP contribution in [-0.2, 0) is 17.8 Å². The summed E-state index contributed by atoms with van der Waals surface area (Å²) in [4.78, 5) is 35.0. The van der Waals surface area contributed by atoms with Crippen molar-refractivity contribution < 1.29 is 4.79 Å². The molecule has 0 unspecified atom stereocenters. The molecule has 0 spiro atoms. The fraction of sp³-hybridized carbons (Fsp3) is 0.350. The minimum absolute atomic E-state index is 0.0145. The molecular weight excluding hydrogens is 360 g/mol. The van der Waals surface area contributed by atoms with Gasteiger partial charge >= 0.3 is 0 Å². The van der Waals surface area contributed by atoms with Crippen LogP contribution in [0.25, 0.3) is 10.9 Å². The molecular formula is C20H24N4O2S. The van der Waals surface area contributed by atoms with Crippen molar-refractivity contribution in [1.29, 1.82) is 0 Å². The van der Waals surface area contributed by atoms with Crippen LogP contribution in [0.5, 0.6) is 0 Å². The lowest BCUT2D eigenvalue weighted by atomic mass is 10.0. The van der Waals surface area contributed by atoms with E-state index in [-0.39, 0.29) is 17.9 Å². The summed E-state index contributed by atoms with van der Waals surface area (Å²) in [5.74, 6) is -0.197. The quantitative estimate of drug-likeness (QED) is 0.466. The van der Waals surface area contributed by atoms with E-state index in [2.05, 4.69) is 46.2 Å². The van der Waals surface area contributed by atoms with Gasteiger partial charge in [0.1, 0.15) is 0 Å². The number of H-pyrrole nitrogens is 2. The summed E-state index contributed by atoms with van der Waals surface area (Å²) in [5.41, 5.74) is 6.34. The van der Waals surface area contributed by atoms with Crippen LogP contribution in [0.15, 0.2) is 22.1 Å². The van der Waals surface area contributed by atoms with Crippen molar-refractivity contribution in [2.45, 2.75) is 45.8 Å². The second kappa shape index (κ2) is 7.60. The van der Waals surface area contributed by atoms with Crippen LogP contribution in [-0.4, -0.2) is 27.1 Å². The van der Waals surface area contributed by atoms with Crippen molar-refractivity contribution in [1.82, 2.24) is 20.3 Å². The van der Waals surface area contributed by atoms with E-state index in [1.165, 1.54) is 22.7 Å². The summed E-state index contributed by atoms with van der Waals surface area (Å²) in [7, 11) is 0. The average Bonchev–Trinajstić information content (AvgIpc) is 2.90. The van der Waals surface area contributed by atoms with Crippen LogP contribution < -0.4 is 10.9 Å². The highest BCUT2D eigenvalue weighted by Crippen LogP contribution is 2.26. The number of aromatic amines is 2. The van der Waals surface area contributed by atoms with E-state index in [9.17, 15) is 9.59 Å². The Morgan fingerprint density at radius 3 is 2.59 bits per heavy atom. The molecule has 27 heavy (non-hydrogen) atoms. The topological polar surface area (TPSA) is 90.6 Å². The van der Waals surface area contributed by atoms with Gasteiger partial charge in [0.15, 0.2) is 5.16 Å². The van der Waals surface area contributed by atoms with Crippen LogP contribution in [0, 0.1) is 27.7 Å². The molecule has 0 aliphatic rings. The maximum Gasteiger partial charge on any atom is 0.255 e. The zero-order valence-corrected chi connectivity index (χ0v) is 17.1. The Morgan fingerprint density at radius 2 is 1.93 bits per heavy atom. The predicted molar refractivity (Wildman–Crippen MR) is 109 cm³/mol. The number of hydrogen-bond acceptors (Lipinski definition) is 4. The molecule has 3 aromatic rings. The van der Waals surface area contributed by atoms with Crippen molar-refractivity contribution in [3.05, 3.63) is 56.1 Å². The number of hydrogen-bond donors (Lipinski definition) is 3. The zero-order chi connectivity index (χ0) is 19.7. The lowest BCUT2D eigenvalue weighted by molar-refractivity contribution is -0.120. The molecule has 1 amide bonds. The molecule has 0 radical (unpaired) electrons. The van der Waals surface area contributed by atoms with Gasteiger partial charge in [-0.15, -0.1) is 0 Å². The number of aryl methyl sites for hydroxylation is 4. The summed E-state index contributed by atoms with van der Waals surface area (Å²) < 4.78 is 0. The third kappa shape index (κ3) is 3.93. The minimum Gasteiger partial charge on any atom is -0.358 e. The molecule has 1 aromatic carbocycles. The summed E-state index contributed by atoms with van der Waals surface area (Å²) in [6, 6.07) is 4.23. The smallest absolute Gasteiger partial charge is 0.255 e. The van der Waals surface area contributed by atoms with Gasteiger partial charge in [-0.25, -0.2) is 4.98 Å². The molecule has 3 rings (SSSR count). The van der Waals surface area contributed by atoms with Gasteiger partial charge in [0, 0.05) is 28.9 Å². The molecule has 0 aliphatic heterocycles. The second-order valence-electron chi connectivity index (χ2n) is 6.81. The van der Waals surface area contributed by atoms with Gasteiger partial charge in [-0.3, -0.25) is 9.59 Å². The fourth-order valence-corrected chi connectivity index (χ4v) is 3.66. The number of rotatable bonds is 5. The number of aromatic nitrogens is 3. The predicted octanol–water partition coefficient (Wildman–Crippen LogP) is 3.07. The number of carbonyl (C=O) groups excluding carboxylic acids is 1. The number of carbonyl (C=O) groups is 1. The molecule has 0 fully saturated rings. The van der Waals surface area contributed by atoms with Gasteiger partial charge in [0.2, 0.25) is 5.91 Å². The second-order valence-corrected chi connectivity index (χ2v) is 7.61. The third-order valence-corrected chi connectivity index (χ3v) is 5.43. The Kier molecular flexibility index (Phi) is 5.41. The third-order valence-electron chi connectivity index (χ3n) is 4.85. The standard InChI is InChI=1S/C20H24N4O2S/c1-10-6-14(18-15(7-10)11(2)12(3)22-18)9-21-17(25)8-16-13(4)23-20(27-5)24-19(16)26/h6-7,22H,8-9H2,1-5H3,(H,21,25)(H,23,24,26). The molecule has 0 aliphatic carbocycles. The van der Waals surface area contributed by atoms with Gasteiger partial charge in [-0.1, -0.05) is 23.4 Å². The first-order chi connectivity index (χ1) is 12.8. The number of nitrogens with zero attached hydrogens (tertiary/aromatic N) is 1. The maximum atomic E-state index is 12.4. The van der Waals surface area contributed by atoms with Crippen molar-refractivity contribution in [3.8, 4) is 0 Å². The Bertz CT molecular complexity index is 1080. The number of benzene rings is 1. The lowest BCUT2D eigenvalue weighted by Crippen LogP contribution is -2.29. The van der Waals surface area contributed by atoms with E-state index < -0.39 is 0 Å². The van der Waals surface area contributed by atoms with Crippen molar-refractivity contribution >= 4 is 28.6 Å². The molecule has 0 atom stereocenters. The summed E-state index contributed by atoms with van der Waals surface area (Å²) >= 11 is 1.37. The van der Waals surface area contributed by atoms with E-state index in [0.29, 0.717) is 23.0 Å². The Balaban J connectivity index is 1.78. The Labute approximate surface area is 162 Å². The van der Waals surface area contributed by atoms with Gasteiger partial charge in [0.25, 0.3) is 5.56 Å². The molecule has 142 valence electrons. The van der Waals surface area contributed by atoms with Crippen molar-refractivity contribution in [2.24, 2.45) is 0 Å². The highest BCUT2D eigenvalue weighted by atomic mass is 32.2. The molecule has 3 N–H and O–H groups in total. The first-order valence-corrected chi connectivity index (χ1v) is 10.0. The largest absolute Gasteiger partial charge is 0.358 e. The lowest BCUT2D eigenvalue weighted by Gasteiger charge is -2.09. The fourth-order valence-electron chi connectivity index (χ4n) is 3.23. The van der Waals surface area contributed by atoms with E-state index >= 15 is 0 Å². The van der Waals surface area contributed by atoms with Gasteiger partial charge in [-0.2, -0.15) is 0 Å². The summed E-state index contributed by atoms with van der Waals surface area (Å²) in [5, 5.41) is 4.67. The maximum absolute atomic E-state index is 12.4. The van der Waals surface area contributed by atoms with Gasteiger partial charge < -0.3 is 15.3 Å². The number of fused-ring (bicyclic) bond motifs is 1. The number of thioether (sulfide) groups is 1. The first kappa shape index (κ1) is 19.2. The van der Waals surface area contributed by atoms with E-state index in [4.69, 9.17) is 0 Å². The van der Waals surface area contributed by atoms with Crippen LogP contribution in [0.1, 0.15) is 33.6 Å². The van der Waals surface area contributed by atoms with E-state index in [1.54, 1.807) is 6.92 Å². The minimum atomic E-state index is -0.254. The highest BCUT2D eigenvalue weighted by Gasteiger charge is 2.14. The molecule has 2 aromatic heterocycles. The molecule has 0 bridgehead atoms. The van der Waals surface area contributed by atoms with Crippen molar-refractivity contribution in [2.75, 3.05) is 6.26 Å². The zero-order valence-electron chi connectivity index (χ0n) is 16.2. The number of nitrogens with one attached hydrogen (secondary N) is 3. The number of amides is 1. The molecule has 2 heterocycles. The van der Waals surface area contributed by atoms with Crippen LogP contribution in [0.3, 0.4) is 0 Å².